The van der Waals surface area contributed by atoms with Gasteiger partial charge in [-0.2, -0.15) is 0 Å². The van der Waals surface area contributed by atoms with Crippen LogP contribution in [0.4, 0.5) is 0 Å². The van der Waals surface area contributed by atoms with Crippen LogP contribution in [-0.2, 0) is 0 Å². The van der Waals surface area contributed by atoms with Gasteiger partial charge in [0.15, 0.2) is 0 Å². The van der Waals surface area contributed by atoms with Crippen molar-refractivity contribution in [3.63, 3.8) is 0 Å². The fourth-order valence-corrected chi connectivity index (χ4v) is 2.64. The summed E-state index contributed by atoms with van der Waals surface area (Å²) in [5, 5.41) is 3.56. The first-order valence-electron chi connectivity index (χ1n) is 7.77. The molecule has 1 saturated heterocycles. The fourth-order valence-electron chi connectivity index (χ4n) is 2.64. The summed E-state index contributed by atoms with van der Waals surface area (Å²) in [5.41, 5.74) is 1.11. The maximum Gasteiger partial charge on any atom is 0.0608 e. The minimum Gasteiger partial charge on any atom is -0.313 e. The normalized spacial score (nSPS) is 19.6. The molecule has 1 fully saturated rings. The van der Waals surface area contributed by atoms with E-state index in [1.165, 1.54) is 25.8 Å². The lowest BCUT2D eigenvalue weighted by atomic mass is 10.0. The molecule has 0 radical (unpaired) electrons. The first kappa shape index (κ1) is 15.1. The average molecular weight is 270 g/mol. The number of hydrogen-bond donors (Lipinski definition) is 1. The predicted molar refractivity (Wildman–Crippen MR) is 85.7 cm³/mol. The maximum absolute atomic E-state index is 3.56. The lowest BCUT2D eigenvalue weighted by molar-refractivity contribution is 0.162. The van der Waals surface area contributed by atoms with Crippen molar-refractivity contribution >= 4 is 0 Å². The van der Waals surface area contributed by atoms with Crippen molar-refractivity contribution in [2.24, 2.45) is 0 Å². The van der Waals surface area contributed by atoms with E-state index in [4.69, 9.17) is 0 Å². The summed E-state index contributed by atoms with van der Waals surface area (Å²) in [5.74, 6) is 6.60. The van der Waals surface area contributed by atoms with Gasteiger partial charge in [0.05, 0.1) is 6.54 Å². The highest BCUT2D eigenvalue weighted by Crippen LogP contribution is 2.15. The number of rotatable bonds is 4. The van der Waals surface area contributed by atoms with E-state index in [9.17, 15) is 0 Å². The SMILES string of the molecule is CC(C)NCC1CCCCN1CC#Cc1ccccc1. The van der Waals surface area contributed by atoms with E-state index in [1.54, 1.807) is 0 Å². The predicted octanol–water partition coefficient (Wildman–Crippen LogP) is 2.89. The maximum atomic E-state index is 3.56. The van der Waals surface area contributed by atoms with E-state index < -0.39 is 0 Å². The molecule has 2 nitrogen and oxygen atoms in total. The fraction of sp³-hybridized carbons (Fsp3) is 0.556. The summed E-state index contributed by atoms with van der Waals surface area (Å²) >= 11 is 0. The largest absolute Gasteiger partial charge is 0.313 e. The third kappa shape index (κ3) is 5.00. The van der Waals surface area contributed by atoms with Crippen LogP contribution in [0.1, 0.15) is 38.7 Å². The van der Waals surface area contributed by atoms with Crippen molar-refractivity contribution in [1.82, 2.24) is 10.2 Å². The molecule has 1 unspecified atom stereocenters. The molecule has 1 N–H and O–H groups in total. The van der Waals surface area contributed by atoms with Crippen molar-refractivity contribution in [2.75, 3.05) is 19.6 Å². The Hall–Kier alpha value is -1.30. The number of likely N-dealkylation sites (tertiary alicyclic amines) is 1. The molecule has 1 atom stereocenters. The molecule has 1 aliphatic heterocycles. The highest BCUT2D eigenvalue weighted by Gasteiger charge is 2.21. The van der Waals surface area contributed by atoms with Crippen LogP contribution < -0.4 is 5.32 Å². The summed E-state index contributed by atoms with van der Waals surface area (Å²) in [6.07, 6.45) is 3.96. The number of piperidine rings is 1. The van der Waals surface area contributed by atoms with Crippen LogP contribution in [0.3, 0.4) is 0 Å². The molecule has 0 aliphatic carbocycles. The first-order valence-corrected chi connectivity index (χ1v) is 7.77. The molecule has 0 spiro atoms. The van der Waals surface area contributed by atoms with Crippen molar-refractivity contribution in [2.45, 2.75) is 45.2 Å². The van der Waals surface area contributed by atoms with Crippen molar-refractivity contribution in [3.8, 4) is 11.8 Å². The third-order valence-electron chi connectivity index (χ3n) is 3.80. The lowest BCUT2D eigenvalue weighted by Gasteiger charge is -2.35. The minimum atomic E-state index is 0.564. The molecule has 1 aromatic rings. The minimum absolute atomic E-state index is 0.564. The van der Waals surface area contributed by atoms with Crippen LogP contribution in [-0.4, -0.2) is 36.6 Å². The Morgan fingerprint density at radius 2 is 2.05 bits per heavy atom. The standard InChI is InChI=1S/C18H26N2/c1-16(2)19-15-18-12-6-7-13-20(18)14-8-11-17-9-4-3-5-10-17/h3-5,9-10,16,18-19H,6-7,12-15H2,1-2H3. The molecular formula is C18H26N2. The van der Waals surface area contributed by atoms with Gasteiger partial charge in [-0.05, 0) is 31.5 Å². The van der Waals surface area contributed by atoms with Crippen LogP contribution in [0.15, 0.2) is 30.3 Å². The molecule has 0 saturated carbocycles. The second-order valence-electron chi connectivity index (χ2n) is 5.85. The smallest absolute Gasteiger partial charge is 0.0608 e. The second-order valence-corrected chi connectivity index (χ2v) is 5.85. The molecule has 2 rings (SSSR count). The van der Waals surface area contributed by atoms with Crippen LogP contribution in [0.5, 0.6) is 0 Å². The Balaban J connectivity index is 1.87. The molecule has 1 aromatic carbocycles. The van der Waals surface area contributed by atoms with Gasteiger partial charge >= 0.3 is 0 Å². The Morgan fingerprint density at radius 1 is 1.25 bits per heavy atom. The highest BCUT2D eigenvalue weighted by molar-refractivity contribution is 5.33. The molecule has 0 aromatic heterocycles. The monoisotopic (exact) mass is 270 g/mol. The number of nitrogens with zero attached hydrogens (tertiary/aromatic N) is 1. The van der Waals surface area contributed by atoms with Crippen LogP contribution in [0.25, 0.3) is 0 Å². The van der Waals surface area contributed by atoms with E-state index in [0.717, 1.165) is 18.7 Å². The number of nitrogens with one attached hydrogen (secondary N) is 1. The van der Waals surface area contributed by atoms with Gasteiger partial charge in [-0.1, -0.05) is 50.3 Å². The Bertz CT molecular complexity index is 441. The number of benzene rings is 1. The summed E-state index contributed by atoms with van der Waals surface area (Å²) in [6, 6.07) is 11.5. The van der Waals surface area contributed by atoms with E-state index >= 15 is 0 Å². The quantitative estimate of drug-likeness (QED) is 0.846. The zero-order valence-electron chi connectivity index (χ0n) is 12.7. The molecule has 2 heteroatoms. The molecule has 0 bridgehead atoms. The zero-order valence-corrected chi connectivity index (χ0v) is 12.7. The topological polar surface area (TPSA) is 15.3 Å². The number of hydrogen-bond acceptors (Lipinski definition) is 2. The van der Waals surface area contributed by atoms with Gasteiger partial charge in [0.25, 0.3) is 0 Å². The van der Waals surface area contributed by atoms with Gasteiger partial charge in [-0.25, -0.2) is 0 Å². The molecule has 1 aliphatic rings. The van der Waals surface area contributed by atoms with Gasteiger partial charge < -0.3 is 5.32 Å². The Labute approximate surface area is 123 Å². The van der Waals surface area contributed by atoms with Gasteiger partial charge in [0.1, 0.15) is 0 Å². The van der Waals surface area contributed by atoms with Crippen molar-refractivity contribution in [3.05, 3.63) is 35.9 Å². The van der Waals surface area contributed by atoms with E-state index in [0.29, 0.717) is 12.1 Å². The summed E-state index contributed by atoms with van der Waals surface area (Å²) in [7, 11) is 0. The molecular weight excluding hydrogens is 244 g/mol. The van der Waals surface area contributed by atoms with E-state index in [-0.39, 0.29) is 0 Å². The van der Waals surface area contributed by atoms with Gasteiger partial charge in [0, 0.05) is 24.2 Å². The van der Waals surface area contributed by atoms with Crippen LogP contribution in [0.2, 0.25) is 0 Å². The molecule has 20 heavy (non-hydrogen) atoms. The second kappa shape index (κ2) is 8.09. The third-order valence-corrected chi connectivity index (χ3v) is 3.80. The summed E-state index contributed by atoms with van der Waals surface area (Å²) in [4.78, 5) is 2.54. The van der Waals surface area contributed by atoms with Gasteiger partial charge in [-0.3, -0.25) is 4.90 Å². The highest BCUT2D eigenvalue weighted by atomic mass is 15.2. The average Bonchev–Trinajstić information content (AvgIpc) is 2.47. The molecule has 108 valence electrons. The van der Waals surface area contributed by atoms with Crippen molar-refractivity contribution in [1.29, 1.82) is 0 Å². The first-order chi connectivity index (χ1) is 9.75. The Morgan fingerprint density at radius 3 is 2.80 bits per heavy atom. The van der Waals surface area contributed by atoms with Crippen LogP contribution >= 0.6 is 0 Å². The van der Waals surface area contributed by atoms with Gasteiger partial charge in [-0.15, -0.1) is 0 Å². The molecule has 0 amide bonds. The van der Waals surface area contributed by atoms with Crippen molar-refractivity contribution < 1.29 is 0 Å². The Kier molecular flexibility index (Phi) is 6.11. The van der Waals surface area contributed by atoms with E-state index in [1.807, 2.05) is 18.2 Å². The summed E-state index contributed by atoms with van der Waals surface area (Å²) in [6.45, 7) is 7.59. The zero-order chi connectivity index (χ0) is 14.2. The van der Waals surface area contributed by atoms with Crippen LogP contribution in [0, 0.1) is 11.8 Å². The lowest BCUT2D eigenvalue weighted by Crippen LogP contribution is -2.46. The molecule has 1 heterocycles. The van der Waals surface area contributed by atoms with E-state index in [2.05, 4.69) is 48.0 Å². The van der Waals surface area contributed by atoms with Gasteiger partial charge in [0.2, 0.25) is 0 Å². The summed E-state index contributed by atoms with van der Waals surface area (Å²) < 4.78 is 0.